The largest absolute Gasteiger partial charge is 0.350 e. The van der Waals surface area contributed by atoms with Crippen molar-refractivity contribution in [3.05, 3.63) is 62.1 Å². The van der Waals surface area contributed by atoms with Crippen LogP contribution in [0.1, 0.15) is 33.3 Å². The predicted octanol–water partition coefficient (Wildman–Crippen LogP) is 5.40. The van der Waals surface area contributed by atoms with Gasteiger partial charge in [0.25, 0.3) is 0 Å². The van der Waals surface area contributed by atoms with Crippen molar-refractivity contribution >= 4 is 73.9 Å². The monoisotopic (exact) mass is 581 g/mol. The van der Waals surface area contributed by atoms with Gasteiger partial charge in [0.05, 0.1) is 27.0 Å². The summed E-state index contributed by atoms with van der Waals surface area (Å²) in [5.41, 5.74) is 0.166. The molecule has 2 rings (SSSR count). The normalized spacial score (nSPS) is 12.7. The van der Waals surface area contributed by atoms with Crippen LogP contribution in [0.4, 0.5) is 5.69 Å². The van der Waals surface area contributed by atoms with E-state index in [9.17, 15) is 18.0 Å². The molecule has 2 aromatic carbocycles. The fourth-order valence-corrected chi connectivity index (χ4v) is 4.81. The van der Waals surface area contributed by atoms with E-state index in [1.165, 1.54) is 17.0 Å². The minimum absolute atomic E-state index is 0.000371. The molecule has 1 atom stereocenters. The molecule has 0 bridgehead atoms. The summed E-state index contributed by atoms with van der Waals surface area (Å²) in [6.07, 6.45) is 0.943. The SMILES string of the molecule is CC(C(=O)NC(C)(C)C)N(Cc1ccc(Cl)cc1)C(=O)CN(c1cc(Cl)c(Cl)cc1Cl)S(C)(=O)=O. The van der Waals surface area contributed by atoms with E-state index in [-0.39, 0.29) is 27.3 Å². The van der Waals surface area contributed by atoms with Crippen LogP contribution in [-0.2, 0) is 26.2 Å². The number of sulfonamides is 1. The van der Waals surface area contributed by atoms with Gasteiger partial charge in [0.15, 0.2) is 0 Å². The second kappa shape index (κ2) is 11.6. The van der Waals surface area contributed by atoms with Gasteiger partial charge in [-0.1, -0.05) is 58.5 Å². The first-order valence-electron chi connectivity index (χ1n) is 10.5. The first-order valence-corrected chi connectivity index (χ1v) is 13.8. The van der Waals surface area contributed by atoms with Gasteiger partial charge < -0.3 is 10.2 Å². The second-order valence-electron chi connectivity index (χ2n) is 9.05. The summed E-state index contributed by atoms with van der Waals surface area (Å²) in [5.74, 6) is -1.01. The smallest absolute Gasteiger partial charge is 0.244 e. The summed E-state index contributed by atoms with van der Waals surface area (Å²) in [6, 6.07) is 8.44. The molecule has 192 valence electrons. The molecule has 1 N–H and O–H groups in total. The van der Waals surface area contributed by atoms with Gasteiger partial charge in [0.2, 0.25) is 21.8 Å². The Morgan fingerprint density at radius 2 is 1.51 bits per heavy atom. The summed E-state index contributed by atoms with van der Waals surface area (Å²) >= 11 is 24.3. The lowest BCUT2D eigenvalue weighted by atomic mass is 10.1. The predicted molar refractivity (Wildman–Crippen MR) is 143 cm³/mol. The Hall–Kier alpha value is -1.71. The summed E-state index contributed by atoms with van der Waals surface area (Å²) < 4.78 is 26.1. The molecule has 0 heterocycles. The molecule has 35 heavy (non-hydrogen) atoms. The van der Waals surface area contributed by atoms with Crippen molar-refractivity contribution in [3.8, 4) is 0 Å². The number of nitrogens with zero attached hydrogens (tertiary/aromatic N) is 2. The minimum Gasteiger partial charge on any atom is -0.350 e. The lowest BCUT2D eigenvalue weighted by Crippen LogP contribution is -2.54. The van der Waals surface area contributed by atoms with Crippen LogP contribution < -0.4 is 9.62 Å². The Balaban J connectivity index is 2.47. The summed E-state index contributed by atoms with van der Waals surface area (Å²) in [6.45, 7) is 6.46. The van der Waals surface area contributed by atoms with Gasteiger partial charge in [-0.15, -0.1) is 0 Å². The van der Waals surface area contributed by atoms with Gasteiger partial charge in [0.1, 0.15) is 12.6 Å². The van der Waals surface area contributed by atoms with Crippen LogP contribution in [0, 0.1) is 0 Å². The van der Waals surface area contributed by atoms with E-state index < -0.39 is 40.0 Å². The molecule has 7 nitrogen and oxygen atoms in total. The zero-order valence-corrected chi connectivity index (χ0v) is 23.7. The number of nitrogens with one attached hydrogen (secondary N) is 1. The second-order valence-corrected chi connectivity index (χ2v) is 12.6. The maximum atomic E-state index is 13.5. The standard InChI is InChI=1S/C23H27Cl4N3O4S/c1-14(22(32)28-23(2,3)4)29(12-15-6-8-16(24)9-7-15)21(31)13-30(35(5,33)34)20-11-18(26)17(25)10-19(20)27/h6-11,14H,12-13H2,1-5H3,(H,28,32). The molecule has 0 aliphatic rings. The van der Waals surface area contributed by atoms with Gasteiger partial charge in [-0.05, 0) is 57.5 Å². The van der Waals surface area contributed by atoms with Gasteiger partial charge >= 0.3 is 0 Å². The quantitative estimate of drug-likeness (QED) is 0.422. The molecular weight excluding hydrogens is 556 g/mol. The summed E-state index contributed by atoms with van der Waals surface area (Å²) in [7, 11) is -3.97. The van der Waals surface area contributed by atoms with E-state index in [0.717, 1.165) is 10.6 Å². The Morgan fingerprint density at radius 1 is 0.971 bits per heavy atom. The summed E-state index contributed by atoms with van der Waals surface area (Å²) in [4.78, 5) is 27.8. The van der Waals surface area contributed by atoms with Gasteiger partial charge in [0, 0.05) is 17.1 Å². The Kier molecular flexibility index (Phi) is 9.75. The zero-order valence-electron chi connectivity index (χ0n) is 19.9. The van der Waals surface area contributed by atoms with E-state index in [0.29, 0.717) is 10.6 Å². The Labute approximate surface area is 226 Å². The maximum absolute atomic E-state index is 13.5. The topological polar surface area (TPSA) is 86.8 Å². The third kappa shape index (κ3) is 8.43. The molecular formula is C23H27Cl4N3O4S. The third-order valence-electron chi connectivity index (χ3n) is 4.87. The van der Waals surface area contributed by atoms with Crippen LogP contribution in [0.3, 0.4) is 0 Å². The number of hydrogen-bond donors (Lipinski definition) is 1. The van der Waals surface area contributed by atoms with Crippen molar-refractivity contribution < 1.29 is 18.0 Å². The van der Waals surface area contributed by atoms with Crippen LogP contribution in [-0.4, -0.2) is 49.5 Å². The highest BCUT2D eigenvalue weighted by molar-refractivity contribution is 7.92. The van der Waals surface area contributed by atoms with Crippen molar-refractivity contribution in [3.63, 3.8) is 0 Å². The number of amides is 2. The van der Waals surface area contributed by atoms with E-state index >= 15 is 0 Å². The fraction of sp³-hybridized carbons (Fsp3) is 0.391. The number of benzene rings is 2. The average Bonchev–Trinajstić information content (AvgIpc) is 2.71. The highest BCUT2D eigenvalue weighted by Gasteiger charge is 2.32. The summed E-state index contributed by atoms with van der Waals surface area (Å²) in [5, 5.41) is 3.57. The van der Waals surface area contributed by atoms with Gasteiger partial charge in [-0.3, -0.25) is 13.9 Å². The molecule has 2 amide bonds. The maximum Gasteiger partial charge on any atom is 0.244 e. The van der Waals surface area contributed by atoms with Crippen molar-refractivity contribution in [1.29, 1.82) is 0 Å². The fourth-order valence-electron chi connectivity index (χ4n) is 3.14. The molecule has 0 saturated heterocycles. The van der Waals surface area contributed by atoms with Crippen LogP contribution in [0.15, 0.2) is 36.4 Å². The van der Waals surface area contributed by atoms with Gasteiger partial charge in [-0.2, -0.15) is 0 Å². The van der Waals surface area contributed by atoms with Crippen LogP contribution >= 0.6 is 46.4 Å². The number of anilines is 1. The highest BCUT2D eigenvalue weighted by Crippen LogP contribution is 2.35. The van der Waals surface area contributed by atoms with E-state index in [2.05, 4.69) is 5.32 Å². The van der Waals surface area contributed by atoms with E-state index in [1.807, 2.05) is 20.8 Å². The molecule has 0 fully saturated rings. The van der Waals surface area contributed by atoms with Crippen molar-refractivity contribution in [1.82, 2.24) is 10.2 Å². The number of carbonyl (C=O) groups is 2. The number of halogens is 4. The van der Waals surface area contributed by atoms with E-state index in [4.69, 9.17) is 46.4 Å². The molecule has 0 radical (unpaired) electrons. The van der Waals surface area contributed by atoms with Crippen molar-refractivity contribution in [2.75, 3.05) is 17.1 Å². The molecule has 0 aliphatic carbocycles. The molecule has 0 aromatic heterocycles. The highest BCUT2D eigenvalue weighted by atomic mass is 35.5. The number of rotatable bonds is 8. The molecule has 0 saturated carbocycles. The van der Waals surface area contributed by atoms with Crippen molar-refractivity contribution in [2.24, 2.45) is 0 Å². The first-order chi connectivity index (χ1) is 16.0. The third-order valence-corrected chi connectivity index (χ3v) is 7.27. The lowest BCUT2D eigenvalue weighted by Gasteiger charge is -2.33. The number of carbonyl (C=O) groups excluding carboxylic acids is 2. The average molecular weight is 583 g/mol. The molecule has 1 unspecified atom stereocenters. The van der Waals surface area contributed by atoms with E-state index in [1.54, 1.807) is 31.2 Å². The zero-order chi connectivity index (χ0) is 26.7. The molecule has 2 aromatic rings. The number of hydrogen-bond acceptors (Lipinski definition) is 4. The molecule has 12 heteroatoms. The Morgan fingerprint density at radius 3 is 2.03 bits per heavy atom. The molecule has 0 aliphatic heterocycles. The van der Waals surface area contributed by atoms with Crippen LogP contribution in [0.25, 0.3) is 0 Å². The Bertz CT molecular complexity index is 1200. The molecule has 0 spiro atoms. The van der Waals surface area contributed by atoms with Gasteiger partial charge in [-0.25, -0.2) is 8.42 Å². The first kappa shape index (κ1) is 29.5. The van der Waals surface area contributed by atoms with Crippen LogP contribution in [0.2, 0.25) is 20.1 Å². The van der Waals surface area contributed by atoms with Crippen LogP contribution in [0.5, 0.6) is 0 Å². The lowest BCUT2D eigenvalue weighted by molar-refractivity contribution is -0.140. The van der Waals surface area contributed by atoms with Crippen molar-refractivity contribution in [2.45, 2.75) is 45.8 Å². The minimum atomic E-state index is -3.97.